The summed E-state index contributed by atoms with van der Waals surface area (Å²) in [5.41, 5.74) is 0.649. The highest BCUT2D eigenvalue weighted by Crippen LogP contribution is 2.44. The summed E-state index contributed by atoms with van der Waals surface area (Å²) in [5.74, 6) is 0. The molecule has 2 fully saturated rings. The molecule has 0 saturated heterocycles. The molecule has 0 bridgehead atoms. The van der Waals surface area contributed by atoms with Crippen molar-refractivity contribution in [2.24, 2.45) is 5.41 Å². The Bertz CT molecular complexity index is 191. The predicted octanol–water partition coefficient (Wildman–Crippen LogP) is 3.82. The number of halogens is 1. The highest BCUT2D eigenvalue weighted by Gasteiger charge is 2.40. The van der Waals surface area contributed by atoms with E-state index in [1.54, 1.807) is 0 Å². The summed E-state index contributed by atoms with van der Waals surface area (Å²) in [6.07, 6.45) is 10.0. The molecule has 0 spiro atoms. The maximum atomic E-state index is 3.72. The number of unbranched alkanes of at least 4 members (excludes halogenated alkanes) is 1. The van der Waals surface area contributed by atoms with Gasteiger partial charge in [0.05, 0.1) is 0 Å². The lowest BCUT2D eigenvalue weighted by molar-refractivity contribution is 0.0855. The molecule has 0 aromatic carbocycles. The van der Waals surface area contributed by atoms with Crippen LogP contribution in [0.5, 0.6) is 0 Å². The predicted molar refractivity (Wildman–Crippen MR) is 69.6 cm³/mol. The van der Waals surface area contributed by atoms with E-state index in [1.165, 1.54) is 63.4 Å². The van der Waals surface area contributed by atoms with Crippen LogP contribution in [-0.2, 0) is 0 Å². The first kappa shape index (κ1) is 11.9. The fourth-order valence-corrected chi connectivity index (χ4v) is 3.37. The fourth-order valence-electron chi connectivity index (χ4n) is 2.63. The topological polar surface area (TPSA) is 3.24 Å². The summed E-state index contributed by atoms with van der Waals surface area (Å²) in [6.45, 7) is 5.01. The average molecular weight is 274 g/mol. The molecule has 0 amide bonds. The summed E-state index contributed by atoms with van der Waals surface area (Å²) >= 11 is 3.72. The molecular formula is C13H24BrN. The minimum atomic E-state index is 0.649. The van der Waals surface area contributed by atoms with Crippen molar-refractivity contribution in [1.29, 1.82) is 0 Å². The van der Waals surface area contributed by atoms with Crippen molar-refractivity contribution < 1.29 is 0 Å². The molecule has 0 atom stereocenters. The third-order valence-corrected chi connectivity index (χ3v) is 5.29. The second kappa shape index (κ2) is 5.18. The van der Waals surface area contributed by atoms with Gasteiger partial charge in [0.15, 0.2) is 0 Å². The largest absolute Gasteiger partial charge is 0.300 e. The Balaban J connectivity index is 1.82. The minimum Gasteiger partial charge on any atom is -0.300 e. The zero-order valence-corrected chi connectivity index (χ0v) is 11.6. The van der Waals surface area contributed by atoms with E-state index >= 15 is 0 Å². The first-order valence-corrected chi connectivity index (χ1v) is 7.72. The Morgan fingerprint density at radius 1 is 1.33 bits per heavy atom. The second-order valence-electron chi connectivity index (χ2n) is 5.54. The van der Waals surface area contributed by atoms with Crippen LogP contribution < -0.4 is 0 Å². The van der Waals surface area contributed by atoms with Gasteiger partial charge >= 0.3 is 0 Å². The Kier molecular flexibility index (Phi) is 4.11. The van der Waals surface area contributed by atoms with E-state index in [-0.39, 0.29) is 0 Å². The first-order chi connectivity index (χ1) is 7.29. The molecule has 0 unspecified atom stereocenters. The third kappa shape index (κ3) is 2.97. The lowest BCUT2D eigenvalue weighted by Gasteiger charge is -2.44. The van der Waals surface area contributed by atoms with Crippen LogP contribution in [0.1, 0.15) is 51.9 Å². The van der Waals surface area contributed by atoms with Crippen molar-refractivity contribution in [3.8, 4) is 0 Å². The van der Waals surface area contributed by atoms with E-state index in [1.807, 2.05) is 0 Å². The van der Waals surface area contributed by atoms with Gasteiger partial charge in [-0.2, -0.15) is 0 Å². The fraction of sp³-hybridized carbons (Fsp3) is 1.00. The lowest BCUT2D eigenvalue weighted by atomic mass is 9.70. The van der Waals surface area contributed by atoms with Crippen molar-refractivity contribution in [3.05, 3.63) is 0 Å². The molecule has 0 heterocycles. The van der Waals surface area contributed by atoms with E-state index in [2.05, 4.69) is 27.8 Å². The van der Waals surface area contributed by atoms with Crippen LogP contribution in [0.3, 0.4) is 0 Å². The molecule has 2 saturated carbocycles. The van der Waals surface area contributed by atoms with E-state index in [9.17, 15) is 0 Å². The van der Waals surface area contributed by atoms with Crippen molar-refractivity contribution in [2.75, 3.05) is 18.4 Å². The highest BCUT2D eigenvalue weighted by atomic mass is 79.9. The standard InChI is InChI=1S/C13H24BrN/c1-2-3-9-15(12-5-6-12)11-13(10-14)7-4-8-13/h12H,2-11H2,1H3. The Hall–Kier alpha value is 0.440. The number of alkyl halides is 1. The van der Waals surface area contributed by atoms with E-state index in [0.29, 0.717) is 5.41 Å². The summed E-state index contributed by atoms with van der Waals surface area (Å²) in [7, 11) is 0. The number of nitrogens with zero attached hydrogens (tertiary/aromatic N) is 1. The number of rotatable bonds is 7. The zero-order valence-electron chi connectivity index (χ0n) is 9.97. The summed E-state index contributed by atoms with van der Waals surface area (Å²) in [4.78, 5) is 2.78. The van der Waals surface area contributed by atoms with Crippen LogP contribution in [0.25, 0.3) is 0 Å². The molecule has 2 aliphatic rings. The highest BCUT2D eigenvalue weighted by molar-refractivity contribution is 9.09. The van der Waals surface area contributed by atoms with Gasteiger partial charge in [0.1, 0.15) is 0 Å². The quantitative estimate of drug-likeness (QED) is 0.638. The zero-order chi connectivity index (χ0) is 10.7. The maximum Gasteiger partial charge on any atom is 0.0100 e. The summed E-state index contributed by atoms with van der Waals surface area (Å²) in [5, 5.41) is 1.22. The van der Waals surface area contributed by atoms with E-state index in [4.69, 9.17) is 0 Å². The van der Waals surface area contributed by atoms with Gasteiger partial charge in [-0.15, -0.1) is 0 Å². The molecule has 0 aromatic rings. The SMILES string of the molecule is CCCCN(CC1(CBr)CCC1)C1CC1. The molecule has 1 nitrogen and oxygen atoms in total. The molecule has 2 heteroatoms. The van der Waals surface area contributed by atoms with Gasteiger partial charge in [-0.25, -0.2) is 0 Å². The Morgan fingerprint density at radius 3 is 2.47 bits per heavy atom. The molecule has 0 N–H and O–H groups in total. The molecule has 2 rings (SSSR count). The van der Waals surface area contributed by atoms with Crippen molar-refractivity contribution in [1.82, 2.24) is 4.90 Å². The van der Waals surface area contributed by atoms with Gasteiger partial charge in [0.2, 0.25) is 0 Å². The lowest BCUT2D eigenvalue weighted by Crippen LogP contribution is -2.44. The van der Waals surface area contributed by atoms with Crippen LogP contribution in [-0.4, -0.2) is 29.4 Å². The molecular weight excluding hydrogens is 250 g/mol. The van der Waals surface area contributed by atoms with Crippen LogP contribution in [0.4, 0.5) is 0 Å². The molecule has 0 radical (unpaired) electrons. The number of hydrogen-bond acceptors (Lipinski definition) is 1. The van der Waals surface area contributed by atoms with Gasteiger partial charge in [0, 0.05) is 17.9 Å². The molecule has 0 aliphatic heterocycles. The van der Waals surface area contributed by atoms with Gasteiger partial charge < -0.3 is 0 Å². The Labute approximate surface area is 103 Å². The molecule has 88 valence electrons. The van der Waals surface area contributed by atoms with E-state index in [0.717, 1.165) is 6.04 Å². The maximum absolute atomic E-state index is 3.72. The minimum absolute atomic E-state index is 0.649. The van der Waals surface area contributed by atoms with Crippen molar-refractivity contribution in [2.45, 2.75) is 57.9 Å². The van der Waals surface area contributed by atoms with Crippen molar-refractivity contribution >= 4 is 15.9 Å². The van der Waals surface area contributed by atoms with E-state index < -0.39 is 0 Å². The van der Waals surface area contributed by atoms with Crippen molar-refractivity contribution in [3.63, 3.8) is 0 Å². The van der Waals surface area contributed by atoms with Gasteiger partial charge in [0.25, 0.3) is 0 Å². The first-order valence-electron chi connectivity index (χ1n) is 6.60. The van der Waals surface area contributed by atoms with Gasteiger partial charge in [-0.1, -0.05) is 35.7 Å². The average Bonchev–Trinajstić information content (AvgIpc) is 3.00. The summed E-state index contributed by atoms with van der Waals surface area (Å²) in [6, 6.07) is 0.952. The molecule has 15 heavy (non-hydrogen) atoms. The monoisotopic (exact) mass is 273 g/mol. The van der Waals surface area contributed by atoms with Crippen LogP contribution in [0, 0.1) is 5.41 Å². The third-order valence-electron chi connectivity index (χ3n) is 4.10. The normalized spacial score (nSPS) is 24.2. The second-order valence-corrected chi connectivity index (χ2v) is 6.10. The van der Waals surface area contributed by atoms with Gasteiger partial charge in [-0.3, -0.25) is 4.90 Å². The van der Waals surface area contributed by atoms with Gasteiger partial charge in [-0.05, 0) is 44.1 Å². The molecule has 0 aromatic heterocycles. The van der Waals surface area contributed by atoms with Crippen LogP contribution in [0.2, 0.25) is 0 Å². The number of hydrogen-bond donors (Lipinski definition) is 0. The smallest absolute Gasteiger partial charge is 0.0100 e. The van der Waals surface area contributed by atoms with Crippen LogP contribution >= 0.6 is 15.9 Å². The summed E-state index contributed by atoms with van der Waals surface area (Å²) < 4.78 is 0. The van der Waals surface area contributed by atoms with Crippen LogP contribution in [0.15, 0.2) is 0 Å². The molecule has 2 aliphatic carbocycles. The Morgan fingerprint density at radius 2 is 2.07 bits per heavy atom.